The van der Waals surface area contributed by atoms with E-state index in [1.807, 2.05) is 19.1 Å². The van der Waals surface area contributed by atoms with Crippen LogP contribution in [0, 0.1) is 6.92 Å². The molecule has 0 radical (unpaired) electrons. The average molecular weight is 306 g/mol. The molecule has 0 saturated heterocycles. The molecule has 0 aliphatic heterocycles. The lowest BCUT2D eigenvalue weighted by atomic mass is 10.4. The van der Waals surface area contributed by atoms with Crippen LogP contribution in [0.2, 0.25) is 0 Å². The largest absolute Gasteiger partial charge is 0.461 e. The van der Waals surface area contributed by atoms with Crippen LogP contribution in [0.1, 0.15) is 35.1 Å². The van der Waals surface area contributed by atoms with E-state index < -0.39 is 0 Å². The van der Waals surface area contributed by atoms with Gasteiger partial charge in [-0.2, -0.15) is 0 Å². The number of carbonyl (C=O) groups excluding carboxylic acids is 2. The van der Waals surface area contributed by atoms with E-state index in [-0.39, 0.29) is 18.4 Å². The lowest BCUT2D eigenvalue weighted by molar-refractivity contribution is -0.121. The molecule has 0 unspecified atom stereocenters. The molecule has 21 heavy (non-hydrogen) atoms. The third-order valence-corrected chi connectivity index (χ3v) is 4.43. The Morgan fingerprint density at radius 2 is 2.19 bits per heavy atom. The number of hydrogen-bond acceptors (Lipinski definition) is 4. The number of thiophene rings is 1. The first-order valence-corrected chi connectivity index (χ1v) is 7.96. The molecule has 5 nitrogen and oxygen atoms in total. The van der Waals surface area contributed by atoms with Crippen LogP contribution in [0.3, 0.4) is 0 Å². The summed E-state index contributed by atoms with van der Waals surface area (Å²) in [7, 11) is 0. The number of ether oxygens (including phenoxy) is 1. The molecule has 2 heterocycles. The highest BCUT2D eigenvalue weighted by Crippen LogP contribution is 2.29. The van der Waals surface area contributed by atoms with Crippen molar-refractivity contribution in [2.24, 2.45) is 0 Å². The second-order valence-electron chi connectivity index (χ2n) is 5.28. The Hall–Kier alpha value is -1.82. The van der Waals surface area contributed by atoms with Gasteiger partial charge in [-0.15, -0.1) is 11.3 Å². The summed E-state index contributed by atoms with van der Waals surface area (Å²) in [4.78, 5) is 25.3. The van der Waals surface area contributed by atoms with Crippen LogP contribution in [0.15, 0.2) is 12.1 Å². The van der Waals surface area contributed by atoms with Crippen LogP contribution in [0.4, 0.5) is 0 Å². The average Bonchev–Trinajstić information content (AvgIpc) is 3.06. The lowest BCUT2D eigenvalue weighted by Crippen LogP contribution is -2.30. The zero-order valence-electron chi connectivity index (χ0n) is 12.1. The number of aromatic nitrogens is 1. The highest BCUT2D eigenvalue weighted by Gasteiger charge is 2.25. The minimum atomic E-state index is -0.377. The molecule has 1 aliphatic rings. The van der Waals surface area contributed by atoms with Crippen molar-refractivity contribution in [3.8, 4) is 0 Å². The van der Waals surface area contributed by atoms with E-state index in [0.29, 0.717) is 18.3 Å². The standard InChI is InChI=1S/C15H18N2O3S/c1-3-20-15(19)12-7-13-11(6-9(2)21-13)17(12)8-14(18)16-10-4-5-10/h6-7,10H,3-5,8H2,1-2H3,(H,16,18). The molecule has 2 aromatic rings. The number of nitrogens with one attached hydrogen (secondary N) is 1. The highest BCUT2D eigenvalue weighted by atomic mass is 32.1. The van der Waals surface area contributed by atoms with Crippen molar-refractivity contribution in [1.29, 1.82) is 0 Å². The van der Waals surface area contributed by atoms with E-state index in [9.17, 15) is 9.59 Å². The lowest BCUT2D eigenvalue weighted by Gasteiger charge is -2.09. The van der Waals surface area contributed by atoms with Crippen molar-refractivity contribution in [2.75, 3.05) is 6.61 Å². The predicted octanol–water partition coefficient (Wildman–Crippen LogP) is 2.47. The Morgan fingerprint density at radius 3 is 2.86 bits per heavy atom. The molecule has 1 N–H and O–H groups in total. The van der Waals surface area contributed by atoms with Crippen molar-refractivity contribution in [2.45, 2.75) is 39.3 Å². The summed E-state index contributed by atoms with van der Waals surface area (Å²) in [6.45, 7) is 4.27. The minimum Gasteiger partial charge on any atom is -0.461 e. The third kappa shape index (κ3) is 2.95. The van der Waals surface area contributed by atoms with Gasteiger partial charge in [-0.3, -0.25) is 4.79 Å². The molecule has 0 spiro atoms. The second kappa shape index (κ2) is 5.52. The Labute approximate surface area is 126 Å². The normalized spacial score (nSPS) is 14.4. The van der Waals surface area contributed by atoms with Gasteiger partial charge < -0.3 is 14.6 Å². The Kier molecular flexibility index (Phi) is 3.71. The number of nitrogens with zero attached hydrogens (tertiary/aromatic N) is 1. The van der Waals surface area contributed by atoms with E-state index in [0.717, 1.165) is 27.9 Å². The smallest absolute Gasteiger partial charge is 0.355 e. The van der Waals surface area contributed by atoms with E-state index in [1.54, 1.807) is 22.8 Å². The molecule has 112 valence electrons. The summed E-state index contributed by atoms with van der Waals surface area (Å²) in [5, 5.41) is 2.95. The molecule has 1 fully saturated rings. The Morgan fingerprint density at radius 1 is 1.43 bits per heavy atom. The van der Waals surface area contributed by atoms with Gasteiger partial charge in [0.2, 0.25) is 5.91 Å². The monoisotopic (exact) mass is 306 g/mol. The van der Waals surface area contributed by atoms with Crippen LogP contribution < -0.4 is 5.32 Å². The molecule has 2 aromatic heterocycles. The molecule has 0 atom stereocenters. The van der Waals surface area contributed by atoms with Crippen molar-refractivity contribution < 1.29 is 14.3 Å². The number of rotatable bonds is 5. The summed E-state index contributed by atoms with van der Waals surface area (Å²) in [6, 6.07) is 4.14. The van der Waals surface area contributed by atoms with Gasteiger partial charge in [0.1, 0.15) is 12.2 Å². The van der Waals surface area contributed by atoms with E-state index in [4.69, 9.17) is 4.74 Å². The number of amides is 1. The molecule has 6 heteroatoms. The van der Waals surface area contributed by atoms with Crippen molar-refractivity contribution >= 4 is 33.4 Å². The number of fused-ring (bicyclic) bond motifs is 1. The maximum atomic E-state index is 12.1. The summed E-state index contributed by atoms with van der Waals surface area (Å²) in [5.41, 5.74) is 1.37. The maximum absolute atomic E-state index is 12.1. The number of esters is 1. The summed E-state index contributed by atoms with van der Waals surface area (Å²) < 4.78 is 7.85. The fourth-order valence-corrected chi connectivity index (χ4v) is 3.32. The van der Waals surface area contributed by atoms with Crippen LogP contribution in [-0.2, 0) is 16.1 Å². The first-order chi connectivity index (χ1) is 10.1. The molecule has 0 aromatic carbocycles. The number of aryl methyl sites for hydroxylation is 1. The van der Waals surface area contributed by atoms with E-state index >= 15 is 0 Å². The zero-order chi connectivity index (χ0) is 15.0. The summed E-state index contributed by atoms with van der Waals surface area (Å²) in [6.07, 6.45) is 2.10. The van der Waals surface area contributed by atoms with Crippen LogP contribution in [0.5, 0.6) is 0 Å². The second-order valence-corrected chi connectivity index (χ2v) is 6.57. The van der Waals surface area contributed by atoms with Gasteiger partial charge in [0, 0.05) is 10.9 Å². The van der Waals surface area contributed by atoms with Crippen LogP contribution in [-0.4, -0.2) is 29.1 Å². The summed E-state index contributed by atoms with van der Waals surface area (Å²) in [5.74, 6) is -0.429. The van der Waals surface area contributed by atoms with Gasteiger partial charge >= 0.3 is 5.97 Å². The SMILES string of the molecule is CCOC(=O)c1cc2sc(C)cc2n1CC(=O)NC1CC1. The predicted molar refractivity (Wildman–Crippen MR) is 81.7 cm³/mol. The van der Waals surface area contributed by atoms with Crippen molar-refractivity contribution in [1.82, 2.24) is 9.88 Å². The Bertz CT molecular complexity index is 697. The molecule has 1 saturated carbocycles. The van der Waals surface area contributed by atoms with Gasteiger partial charge in [-0.25, -0.2) is 4.79 Å². The van der Waals surface area contributed by atoms with Gasteiger partial charge in [-0.1, -0.05) is 0 Å². The van der Waals surface area contributed by atoms with E-state index in [1.165, 1.54) is 0 Å². The molecular weight excluding hydrogens is 288 g/mol. The first kappa shape index (κ1) is 14.1. The quantitative estimate of drug-likeness (QED) is 0.863. The molecule has 3 rings (SSSR count). The van der Waals surface area contributed by atoms with Gasteiger partial charge in [-0.05, 0) is 38.8 Å². The molecule has 0 bridgehead atoms. The minimum absolute atomic E-state index is 0.0515. The molecular formula is C15H18N2O3S. The van der Waals surface area contributed by atoms with Gasteiger partial charge in [0.25, 0.3) is 0 Å². The topological polar surface area (TPSA) is 60.3 Å². The fraction of sp³-hybridized carbons (Fsp3) is 0.467. The number of carbonyl (C=O) groups is 2. The molecule has 1 aliphatic carbocycles. The van der Waals surface area contributed by atoms with Crippen LogP contribution in [0.25, 0.3) is 10.2 Å². The van der Waals surface area contributed by atoms with Crippen molar-refractivity contribution in [3.05, 3.63) is 22.7 Å². The van der Waals surface area contributed by atoms with Gasteiger partial charge in [0.05, 0.1) is 16.8 Å². The maximum Gasteiger partial charge on any atom is 0.355 e. The third-order valence-electron chi connectivity index (χ3n) is 3.44. The first-order valence-electron chi connectivity index (χ1n) is 7.14. The zero-order valence-corrected chi connectivity index (χ0v) is 13.0. The molecule has 1 amide bonds. The summed E-state index contributed by atoms with van der Waals surface area (Å²) >= 11 is 1.62. The van der Waals surface area contributed by atoms with Gasteiger partial charge in [0.15, 0.2) is 0 Å². The highest BCUT2D eigenvalue weighted by molar-refractivity contribution is 7.19. The Balaban J connectivity index is 1.92. The number of hydrogen-bond donors (Lipinski definition) is 1. The van der Waals surface area contributed by atoms with Crippen molar-refractivity contribution in [3.63, 3.8) is 0 Å². The van der Waals surface area contributed by atoms with Crippen LogP contribution >= 0.6 is 11.3 Å². The van der Waals surface area contributed by atoms with E-state index in [2.05, 4.69) is 5.32 Å². The fourth-order valence-electron chi connectivity index (χ4n) is 2.35.